The molecule has 3 aliphatic rings. The van der Waals surface area contributed by atoms with E-state index in [9.17, 15) is 0 Å². The fourth-order valence-electron chi connectivity index (χ4n) is 3.51. The molecule has 6 rings (SSSR count). The van der Waals surface area contributed by atoms with Crippen LogP contribution in [0.3, 0.4) is 0 Å². The number of nitrogens with one attached hydrogen (secondary N) is 2. The van der Waals surface area contributed by atoms with E-state index in [1.807, 2.05) is 54.6 Å². The maximum absolute atomic E-state index is 4.63. The standard InChI is InChI=1S/C20H14N4.C6H9N/c1-2-14-10-16-5-6-18(23-16)12-20-8-7-19(24-20)11-17-4-3-15(22-17)9-13(1)21-14;1-7-5-3-2-4-6-7/h1-12,21,24H;2-5H,6H2,1H3. The summed E-state index contributed by atoms with van der Waals surface area (Å²) in [5.74, 6) is 0. The number of likely N-dealkylation sites (N-methyl/N-ethyl adjacent to an activating group) is 1. The second-order valence-electron chi connectivity index (χ2n) is 7.61. The second kappa shape index (κ2) is 8.32. The van der Waals surface area contributed by atoms with E-state index < -0.39 is 0 Å². The average molecular weight is 406 g/mol. The molecule has 0 aliphatic carbocycles. The highest BCUT2D eigenvalue weighted by atomic mass is 15.1. The Bertz CT molecular complexity index is 1210. The molecule has 5 heteroatoms. The highest BCUT2D eigenvalue weighted by Crippen LogP contribution is 2.16. The molecule has 0 fully saturated rings. The summed E-state index contributed by atoms with van der Waals surface area (Å²) >= 11 is 0. The number of H-pyrrole nitrogens is 2. The van der Waals surface area contributed by atoms with Gasteiger partial charge in [-0.05, 0) is 85.1 Å². The number of hydrogen-bond acceptors (Lipinski definition) is 3. The van der Waals surface area contributed by atoms with E-state index >= 15 is 0 Å². The number of fused-ring (bicyclic) bond motifs is 8. The van der Waals surface area contributed by atoms with Crippen LogP contribution in [0.4, 0.5) is 0 Å². The zero-order valence-electron chi connectivity index (χ0n) is 17.3. The van der Waals surface area contributed by atoms with Crippen LogP contribution in [0.15, 0.2) is 73.0 Å². The molecule has 2 N–H and O–H groups in total. The Morgan fingerprint density at radius 3 is 1.35 bits per heavy atom. The maximum Gasteiger partial charge on any atom is 0.0658 e. The summed E-state index contributed by atoms with van der Waals surface area (Å²) < 4.78 is 0. The van der Waals surface area contributed by atoms with Crippen molar-refractivity contribution in [2.45, 2.75) is 0 Å². The van der Waals surface area contributed by atoms with Crippen molar-refractivity contribution in [3.05, 3.63) is 95.7 Å². The van der Waals surface area contributed by atoms with Crippen LogP contribution >= 0.6 is 0 Å². The molecule has 6 heterocycles. The molecule has 0 saturated heterocycles. The molecule has 8 bridgehead atoms. The predicted molar refractivity (Wildman–Crippen MR) is 130 cm³/mol. The monoisotopic (exact) mass is 405 g/mol. The minimum atomic E-state index is 0.939. The van der Waals surface area contributed by atoms with Crippen LogP contribution in [-0.4, -0.2) is 38.4 Å². The van der Waals surface area contributed by atoms with Crippen LogP contribution in [0.2, 0.25) is 0 Å². The van der Waals surface area contributed by atoms with Gasteiger partial charge in [0.2, 0.25) is 0 Å². The molecule has 31 heavy (non-hydrogen) atoms. The highest BCUT2D eigenvalue weighted by Gasteiger charge is 2.01. The SMILES string of the molecule is C1=Cc2cc3ccc(cc4nc(cc5ccc(cc1n2)[nH]5)C=C4)[nH]3.CN1C=CC=CC1. The Hall–Kier alpha value is -4.12. The van der Waals surface area contributed by atoms with Crippen LogP contribution in [-0.2, 0) is 0 Å². The Labute approximate surface area is 180 Å². The van der Waals surface area contributed by atoms with E-state index in [1.165, 1.54) is 0 Å². The van der Waals surface area contributed by atoms with Gasteiger partial charge in [-0.15, -0.1) is 0 Å². The number of aromatic amines is 2. The molecule has 0 unspecified atom stereocenters. The summed E-state index contributed by atoms with van der Waals surface area (Å²) in [5.41, 5.74) is 7.86. The first-order valence-electron chi connectivity index (χ1n) is 10.3. The molecule has 3 aromatic heterocycles. The van der Waals surface area contributed by atoms with E-state index in [4.69, 9.17) is 0 Å². The van der Waals surface area contributed by atoms with Crippen LogP contribution in [0.1, 0.15) is 22.8 Å². The summed E-state index contributed by atoms with van der Waals surface area (Å²) in [4.78, 5) is 18.1. The first-order valence-corrected chi connectivity index (χ1v) is 10.3. The zero-order chi connectivity index (χ0) is 21.0. The van der Waals surface area contributed by atoms with Gasteiger partial charge in [-0.2, -0.15) is 0 Å². The lowest BCUT2D eigenvalue weighted by atomic mass is 10.3. The molecule has 0 radical (unpaired) electrons. The van der Waals surface area contributed by atoms with Crippen LogP contribution in [0.5, 0.6) is 0 Å². The Kier molecular flexibility index (Phi) is 5.07. The average Bonchev–Trinajstić information content (AvgIpc) is 3.55. The number of nitrogens with zero attached hydrogens (tertiary/aromatic N) is 3. The Morgan fingerprint density at radius 1 is 0.645 bits per heavy atom. The summed E-state index contributed by atoms with van der Waals surface area (Å²) in [6.07, 6.45) is 16.4. The van der Waals surface area contributed by atoms with Gasteiger partial charge in [0.05, 0.1) is 22.8 Å². The van der Waals surface area contributed by atoms with E-state index in [2.05, 4.69) is 74.5 Å². The van der Waals surface area contributed by atoms with E-state index in [-0.39, 0.29) is 0 Å². The van der Waals surface area contributed by atoms with Gasteiger partial charge in [-0.3, -0.25) is 0 Å². The lowest BCUT2D eigenvalue weighted by Crippen LogP contribution is -2.11. The van der Waals surface area contributed by atoms with Crippen molar-refractivity contribution < 1.29 is 0 Å². The molecule has 5 nitrogen and oxygen atoms in total. The quantitative estimate of drug-likeness (QED) is 0.350. The van der Waals surface area contributed by atoms with Crippen molar-refractivity contribution in [1.82, 2.24) is 24.8 Å². The summed E-state index contributed by atoms with van der Waals surface area (Å²) in [5, 5.41) is 0. The van der Waals surface area contributed by atoms with Gasteiger partial charge in [0.25, 0.3) is 0 Å². The number of aromatic nitrogens is 4. The van der Waals surface area contributed by atoms with Gasteiger partial charge in [0.1, 0.15) is 0 Å². The van der Waals surface area contributed by atoms with Crippen LogP contribution in [0.25, 0.3) is 46.4 Å². The third kappa shape index (κ3) is 4.73. The molecule has 0 spiro atoms. The molecule has 0 aromatic carbocycles. The molecule has 0 amide bonds. The van der Waals surface area contributed by atoms with Gasteiger partial charge in [0.15, 0.2) is 0 Å². The summed E-state index contributed by atoms with van der Waals surface area (Å²) in [7, 11) is 2.06. The van der Waals surface area contributed by atoms with E-state index in [0.717, 1.165) is 51.4 Å². The topological polar surface area (TPSA) is 60.6 Å². The van der Waals surface area contributed by atoms with Gasteiger partial charge in [-0.25, -0.2) is 9.97 Å². The fraction of sp³-hybridized carbons (Fsp3) is 0.0769. The van der Waals surface area contributed by atoms with Gasteiger partial charge >= 0.3 is 0 Å². The molecule has 3 aromatic rings. The van der Waals surface area contributed by atoms with Crippen molar-refractivity contribution in [2.24, 2.45) is 0 Å². The van der Waals surface area contributed by atoms with Gasteiger partial charge < -0.3 is 14.9 Å². The third-order valence-electron chi connectivity index (χ3n) is 5.02. The molecule has 152 valence electrons. The minimum absolute atomic E-state index is 0.939. The van der Waals surface area contributed by atoms with E-state index in [0.29, 0.717) is 0 Å². The Morgan fingerprint density at radius 2 is 1.06 bits per heavy atom. The lowest BCUT2D eigenvalue weighted by molar-refractivity contribution is 0.505. The normalized spacial score (nSPS) is 13.9. The number of allylic oxidation sites excluding steroid dienone is 2. The van der Waals surface area contributed by atoms with Crippen LogP contribution < -0.4 is 0 Å². The lowest BCUT2D eigenvalue weighted by Gasteiger charge is -2.11. The Balaban J connectivity index is 0.000000250. The van der Waals surface area contributed by atoms with Crippen molar-refractivity contribution in [3.8, 4) is 0 Å². The van der Waals surface area contributed by atoms with Gasteiger partial charge in [0, 0.05) is 35.7 Å². The molecule has 0 saturated carbocycles. The van der Waals surface area contributed by atoms with Crippen molar-refractivity contribution in [3.63, 3.8) is 0 Å². The first kappa shape index (κ1) is 18.9. The maximum atomic E-state index is 4.63. The molecule has 3 aliphatic heterocycles. The van der Waals surface area contributed by atoms with Crippen molar-refractivity contribution >= 4 is 46.4 Å². The number of rotatable bonds is 0. The molecule has 0 atom stereocenters. The third-order valence-corrected chi connectivity index (χ3v) is 5.02. The van der Waals surface area contributed by atoms with Crippen molar-refractivity contribution in [2.75, 3.05) is 13.6 Å². The van der Waals surface area contributed by atoms with E-state index in [1.54, 1.807) is 0 Å². The van der Waals surface area contributed by atoms with Gasteiger partial charge in [-0.1, -0.05) is 12.2 Å². The molecular formula is C26H23N5. The fourth-order valence-corrected chi connectivity index (χ4v) is 3.51. The molecular weight excluding hydrogens is 382 g/mol. The van der Waals surface area contributed by atoms with Crippen molar-refractivity contribution in [1.29, 1.82) is 0 Å². The summed E-state index contributed by atoms with van der Waals surface area (Å²) in [6, 6.07) is 16.4. The smallest absolute Gasteiger partial charge is 0.0658 e. The highest BCUT2D eigenvalue weighted by molar-refractivity contribution is 5.77. The zero-order valence-corrected chi connectivity index (χ0v) is 17.3. The first-order chi connectivity index (χ1) is 15.2. The number of hydrogen-bond donors (Lipinski definition) is 2. The second-order valence-corrected chi connectivity index (χ2v) is 7.61. The predicted octanol–water partition coefficient (Wildman–Crippen LogP) is 5.66. The van der Waals surface area contributed by atoms with Crippen LogP contribution in [0, 0.1) is 0 Å². The summed E-state index contributed by atoms with van der Waals surface area (Å²) in [6.45, 7) is 1.05. The minimum Gasteiger partial charge on any atom is -0.377 e. The largest absolute Gasteiger partial charge is 0.377 e.